The molecule has 0 aliphatic carbocycles. The molecule has 5 nitrogen and oxygen atoms in total. The fraction of sp³-hybridized carbons (Fsp3) is 0.400. The molecule has 1 saturated heterocycles. The molecular weight excluding hydrogens is 277 g/mol. The molecule has 21 heavy (non-hydrogen) atoms. The van der Waals surface area contributed by atoms with Crippen LogP contribution < -0.4 is 4.90 Å². The Kier molecular flexibility index (Phi) is 4.93. The molecule has 1 aromatic rings. The van der Waals surface area contributed by atoms with Crippen LogP contribution in [0.3, 0.4) is 0 Å². The number of hydrogen-bond donors (Lipinski definition) is 1. The van der Waals surface area contributed by atoms with Gasteiger partial charge in [0.15, 0.2) is 0 Å². The van der Waals surface area contributed by atoms with E-state index in [9.17, 15) is 9.18 Å². The Bertz CT molecular complexity index is 534. The number of anilines is 1. The first-order valence-corrected chi connectivity index (χ1v) is 6.56. The number of carboxylic acids is 1. The maximum atomic E-state index is 14.2. The minimum atomic E-state index is -1.06. The number of nitrogens with zero attached hydrogens (tertiary/aromatic N) is 1. The molecule has 1 heterocycles. The Balaban J connectivity index is 2.16. The third-order valence-electron chi connectivity index (χ3n) is 3.55. The number of halogens is 1. The molecule has 2 unspecified atom stereocenters. The van der Waals surface area contributed by atoms with Crippen LogP contribution in [0.1, 0.15) is 5.56 Å². The fourth-order valence-electron chi connectivity index (χ4n) is 2.44. The van der Waals surface area contributed by atoms with Crippen LogP contribution >= 0.6 is 0 Å². The molecule has 0 aromatic heterocycles. The minimum Gasteiger partial charge on any atom is -0.478 e. The quantitative estimate of drug-likeness (QED) is 0.839. The summed E-state index contributed by atoms with van der Waals surface area (Å²) in [6.07, 6.45) is 2.14. The second kappa shape index (κ2) is 6.69. The number of ether oxygens (including phenoxy) is 2. The minimum absolute atomic E-state index is 0.0963. The summed E-state index contributed by atoms with van der Waals surface area (Å²) >= 11 is 0. The highest BCUT2D eigenvalue weighted by Crippen LogP contribution is 2.27. The first-order valence-electron chi connectivity index (χ1n) is 6.56. The van der Waals surface area contributed by atoms with Crippen molar-refractivity contribution in [3.8, 4) is 0 Å². The maximum absolute atomic E-state index is 14.2. The summed E-state index contributed by atoms with van der Waals surface area (Å²) in [5.74, 6) is -1.46. The first-order chi connectivity index (χ1) is 10.0. The lowest BCUT2D eigenvalue weighted by Gasteiger charge is -2.19. The number of aliphatic carboxylic acids is 1. The third kappa shape index (κ3) is 3.59. The van der Waals surface area contributed by atoms with Gasteiger partial charge in [-0.3, -0.25) is 0 Å². The van der Waals surface area contributed by atoms with Crippen LogP contribution in [0.15, 0.2) is 24.3 Å². The number of carbonyl (C=O) groups is 1. The van der Waals surface area contributed by atoms with Gasteiger partial charge in [-0.05, 0) is 23.8 Å². The Labute approximate surface area is 122 Å². The van der Waals surface area contributed by atoms with Crippen LogP contribution in [0, 0.1) is 5.82 Å². The predicted octanol–water partition coefficient (Wildman–Crippen LogP) is 1.77. The molecule has 1 fully saturated rings. The van der Waals surface area contributed by atoms with Crippen LogP contribution in [0.2, 0.25) is 0 Å². The van der Waals surface area contributed by atoms with Crippen molar-refractivity contribution in [3.05, 3.63) is 35.7 Å². The molecule has 114 valence electrons. The lowest BCUT2D eigenvalue weighted by Crippen LogP contribution is -2.27. The molecule has 0 spiro atoms. The second-order valence-corrected chi connectivity index (χ2v) is 4.84. The maximum Gasteiger partial charge on any atom is 0.328 e. The average molecular weight is 295 g/mol. The van der Waals surface area contributed by atoms with E-state index in [2.05, 4.69) is 0 Å². The molecule has 1 aliphatic rings. The van der Waals surface area contributed by atoms with Gasteiger partial charge in [-0.2, -0.15) is 0 Å². The molecule has 2 rings (SSSR count). The second-order valence-electron chi connectivity index (χ2n) is 4.84. The van der Waals surface area contributed by atoms with Gasteiger partial charge in [0, 0.05) is 33.4 Å². The van der Waals surface area contributed by atoms with E-state index in [4.69, 9.17) is 14.6 Å². The smallest absolute Gasteiger partial charge is 0.328 e. The largest absolute Gasteiger partial charge is 0.478 e. The van der Waals surface area contributed by atoms with Gasteiger partial charge in [0.05, 0.1) is 5.69 Å². The molecule has 1 N–H and O–H groups in total. The summed E-state index contributed by atoms with van der Waals surface area (Å²) in [6.45, 7) is 1.10. The summed E-state index contributed by atoms with van der Waals surface area (Å²) in [5, 5.41) is 8.57. The summed E-state index contributed by atoms with van der Waals surface area (Å²) in [6, 6.07) is 4.64. The third-order valence-corrected chi connectivity index (χ3v) is 3.55. The highest BCUT2D eigenvalue weighted by molar-refractivity contribution is 5.85. The average Bonchev–Trinajstić information content (AvgIpc) is 2.88. The van der Waals surface area contributed by atoms with Gasteiger partial charge < -0.3 is 19.5 Å². The number of methoxy groups -OCH3 is 2. The number of carboxylic acid groups (broad SMARTS) is 1. The van der Waals surface area contributed by atoms with Crippen LogP contribution in [-0.2, 0) is 14.3 Å². The predicted molar refractivity (Wildman–Crippen MR) is 76.9 cm³/mol. The van der Waals surface area contributed by atoms with E-state index >= 15 is 0 Å². The van der Waals surface area contributed by atoms with Gasteiger partial charge in [-0.1, -0.05) is 6.07 Å². The van der Waals surface area contributed by atoms with E-state index in [1.807, 2.05) is 4.90 Å². The van der Waals surface area contributed by atoms with Gasteiger partial charge >= 0.3 is 5.97 Å². The van der Waals surface area contributed by atoms with Gasteiger partial charge in [0.2, 0.25) is 0 Å². The van der Waals surface area contributed by atoms with Gasteiger partial charge in [-0.15, -0.1) is 0 Å². The number of rotatable bonds is 5. The molecule has 0 radical (unpaired) electrons. The van der Waals surface area contributed by atoms with Crippen molar-refractivity contribution >= 4 is 17.7 Å². The molecule has 0 amide bonds. The van der Waals surface area contributed by atoms with Crippen molar-refractivity contribution in [1.29, 1.82) is 0 Å². The summed E-state index contributed by atoms with van der Waals surface area (Å²) in [7, 11) is 3.21. The Morgan fingerprint density at radius 2 is 1.95 bits per heavy atom. The molecule has 0 bridgehead atoms. The Morgan fingerprint density at radius 3 is 2.43 bits per heavy atom. The van der Waals surface area contributed by atoms with Crippen LogP contribution in [0.5, 0.6) is 0 Å². The molecule has 1 aliphatic heterocycles. The van der Waals surface area contributed by atoms with E-state index in [0.29, 0.717) is 24.3 Å². The van der Waals surface area contributed by atoms with Crippen molar-refractivity contribution in [2.75, 3.05) is 32.2 Å². The van der Waals surface area contributed by atoms with E-state index in [1.54, 1.807) is 26.4 Å². The van der Waals surface area contributed by atoms with E-state index < -0.39 is 11.8 Å². The topological polar surface area (TPSA) is 59.0 Å². The zero-order valence-electron chi connectivity index (χ0n) is 12.0. The highest BCUT2D eigenvalue weighted by Gasteiger charge is 2.34. The van der Waals surface area contributed by atoms with Gasteiger partial charge in [-0.25, -0.2) is 9.18 Å². The molecule has 1 aromatic carbocycles. The SMILES string of the molecule is COC1CN(c2ccc(/C=C/C(=O)O)cc2F)CC1OC. The lowest BCUT2D eigenvalue weighted by molar-refractivity contribution is -0.131. The Hall–Kier alpha value is -1.92. The van der Waals surface area contributed by atoms with Crippen LogP contribution in [-0.4, -0.2) is 50.6 Å². The molecular formula is C15H18FNO4. The van der Waals surface area contributed by atoms with E-state index in [-0.39, 0.29) is 12.2 Å². The zero-order chi connectivity index (χ0) is 15.4. The lowest BCUT2D eigenvalue weighted by atomic mass is 10.1. The van der Waals surface area contributed by atoms with Crippen LogP contribution in [0.4, 0.5) is 10.1 Å². The normalized spacial score (nSPS) is 22.1. The highest BCUT2D eigenvalue weighted by atomic mass is 19.1. The molecule has 2 atom stereocenters. The van der Waals surface area contributed by atoms with E-state index in [0.717, 1.165) is 6.08 Å². The molecule has 0 saturated carbocycles. The number of hydrogen-bond acceptors (Lipinski definition) is 4. The fourth-order valence-corrected chi connectivity index (χ4v) is 2.44. The summed E-state index contributed by atoms with van der Waals surface area (Å²) < 4.78 is 24.8. The zero-order valence-corrected chi connectivity index (χ0v) is 12.0. The van der Waals surface area contributed by atoms with Gasteiger partial charge in [0.1, 0.15) is 18.0 Å². The van der Waals surface area contributed by atoms with E-state index in [1.165, 1.54) is 12.1 Å². The van der Waals surface area contributed by atoms with Crippen LogP contribution in [0.25, 0.3) is 6.08 Å². The number of benzene rings is 1. The van der Waals surface area contributed by atoms with Gasteiger partial charge in [0.25, 0.3) is 0 Å². The molecule has 6 heteroatoms. The summed E-state index contributed by atoms with van der Waals surface area (Å²) in [5.41, 5.74) is 0.966. The van der Waals surface area contributed by atoms with Crippen molar-refractivity contribution in [2.24, 2.45) is 0 Å². The first kappa shape index (κ1) is 15.5. The van der Waals surface area contributed by atoms with Crippen molar-refractivity contribution in [2.45, 2.75) is 12.2 Å². The van der Waals surface area contributed by atoms with Crippen molar-refractivity contribution < 1.29 is 23.8 Å². The monoisotopic (exact) mass is 295 g/mol. The standard InChI is InChI=1S/C15H18FNO4/c1-20-13-8-17(9-14(13)21-2)12-5-3-10(7-11(12)16)4-6-15(18)19/h3-7,13-14H,8-9H2,1-2H3,(H,18,19)/b6-4+. The summed E-state index contributed by atoms with van der Waals surface area (Å²) in [4.78, 5) is 12.3. The van der Waals surface area contributed by atoms with Crippen molar-refractivity contribution in [1.82, 2.24) is 0 Å². The van der Waals surface area contributed by atoms with Crippen molar-refractivity contribution in [3.63, 3.8) is 0 Å². The Morgan fingerprint density at radius 1 is 1.33 bits per heavy atom.